The van der Waals surface area contributed by atoms with Crippen molar-refractivity contribution in [1.82, 2.24) is 0 Å². The molecule has 0 saturated heterocycles. The molecule has 0 aromatic heterocycles. The van der Waals surface area contributed by atoms with Crippen molar-refractivity contribution in [1.29, 1.82) is 0 Å². The van der Waals surface area contributed by atoms with E-state index in [0.717, 1.165) is 22.4 Å². The number of hydrogen-bond acceptors (Lipinski definition) is 3. The van der Waals surface area contributed by atoms with Crippen molar-refractivity contribution in [3.05, 3.63) is 101 Å². The molecule has 1 N–H and O–H groups in total. The first-order valence-electron chi connectivity index (χ1n) is 9.05. The monoisotopic (exact) mass is 358 g/mol. The van der Waals surface area contributed by atoms with E-state index >= 15 is 0 Å². The molecule has 0 amide bonds. The third kappa shape index (κ3) is 3.74. The largest absolute Gasteiger partial charge is 0.489 e. The topological polar surface area (TPSA) is 38.7 Å². The molecule has 136 valence electrons. The summed E-state index contributed by atoms with van der Waals surface area (Å²) in [6.07, 6.45) is 0.760. The van der Waals surface area contributed by atoms with E-state index in [-0.39, 0.29) is 0 Å². The van der Waals surface area contributed by atoms with Crippen LogP contribution in [0.3, 0.4) is 0 Å². The maximum Gasteiger partial charge on any atom is 0.218 e. The van der Waals surface area contributed by atoms with Gasteiger partial charge in [0.1, 0.15) is 18.1 Å². The summed E-state index contributed by atoms with van der Waals surface area (Å²) in [5.74, 6) is 1.35. The molecular formula is C24H22O3. The zero-order chi connectivity index (χ0) is 18.8. The molecule has 3 aromatic carbocycles. The highest BCUT2D eigenvalue weighted by molar-refractivity contribution is 5.84. The van der Waals surface area contributed by atoms with E-state index < -0.39 is 6.29 Å². The van der Waals surface area contributed by atoms with Crippen LogP contribution in [-0.4, -0.2) is 11.4 Å². The van der Waals surface area contributed by atoms with Gasteiger partial charge in [-0.05, 0) is 54.3 Å². The number of hydrogen-bond donors (Lipinski definition) is 1. The minimum Gasteiger partial charge on any atom is -0.489 e. The summed E-state index contributed by atoms with van der Waals surface area (Å²) < 4.78 is 11.6. The third-order valence-electron chi connectivity index (χ3n) is 4.78. The lowest BCUT2D eigenvalue weighted by Crippen LogP contribution is -2.18. The standard InChI is InChI=1S/C24H22O3/c1-16-8-9-17(2)19(12-16)15-26-20-10-11-21-22(18-6-4-3-5-7-18)14-24(25)27-23(21)13-20/h3-14,24-25H,15H2,1-2H3. The van der Waals surface area contributed by atoms with Crippen LogP contribution in [-0.2, 0) is 6.61 Å². The maximum atomic E-state index is 10.1. The predicted molar refractivity (Wildman–Crippen MR) is 107 cm³/mol. The number of aryl methyl sites for hydroxylation is 2. The molecule has 1 heterocycles. The van der Waals surface area contributed by atoms with Gasteiger partial charge in [0.2, 0.25) is 6.29 Å². The summed E-state index contributed by atoms with van der Waals surface area (Å²) in [4.78, 5) is 0. The van der Waals surface area contributed by atoms with E-state index in [1.807, 2.05) is 48.5 Å². The van der Waals surface area contributed by atoms with E-state index in [2.05, 4.69) is 32.0 Å². The van der Waals surface area contributed by atoms with Gasteiger partial charge >= 0.3 is 0 Å². The average Bonchev–Trinajstić information content (AvgIpc) is 2.68. The van der Waals surface area contributed by atoms with Crippen LogP contribution in [0.4, 0.5) is 0 Å². The molecule has 0 bridgehead atoms. The molecular weight excluding hydrogens is 336 g/mol. The van der Waals surface area contributed by atoms with Crippen LogP contribution in [0.1, 0.15) is 27.8 Å². The molecule has 3 aromatic rings. The molecule has 4 rings (SSSR count). The van der Waals surface area contributed by atoms with Gasteiger partial charge in [-0.25, -0.2) is 0 Å². The molecule has 1 aliphatic heterocycles. The Hall–Kier alpha value is -3.04. The van der Waals surface area contributed by atoms with Crippen molar-refractivity contribution < 1.29 is 14.6 Å². The lowest BCUT2D eigenvalue weighted by molar-refractivity contribution is 0.0224. The summed E-state index contributed by atoms with van der Waals surface area (Å²) in [6.45, 7) is 4.66. The highest BCUT2D eigenvalue weighted by Gasteiger charge is 2.20. The normalized spacial score (nSPS) is 15.5. The fourth-order valence-electron chi connectivity index (χ4n) is 3.30. The molecule has 0 spiro atoms. The van der Waals surface area contributed by atoms with E-state index in [1.165, 1.54) is 16.7 Å². The van der Waals surface area contributed by atoms with Crippen molar-refractivity contribution in [2.24, 2.45) is 0 Å². The number of benzene rings is 3. The van der Waals surface area contributed by atoms with Crippen LogP contribution in [0.15, 0.2) is 72.8 Å². The fourth-order valence-corrected chi connectivity index (χ4v) is 3.30. The van der Waals surface area contributed by atoms with Crippen LogP contribution in [0.2, 0.25) is 0 Å². The lowest BCUT2D eigenvalue weighted by atomic mass is 9.95. The fraction of sp³-hybridized carbons (Fsp3) is 0.167. The number of fused-ring (bicyclic) bond motifs is 1. The van der Waals surface area contributed by atoms with Gasteiger partial charge in [-0.3, -0.25) is 0 Å². The van der Waals surface area contributed by atoms with Gasteiger partial charge in [-0.2, -0.15) is 0 Å². The molecule has 3 nitrogen and oxygen atoms in total. The van der Waals surface area contributed by atoms with E-state index in [0.29, 0.717) is 12.4 Å². The quantitative estimate of drug-likeness (QED) is 0.711. The Bertz CT molecular complexity index is 990. The number of aliphatic hydroxyl groups excluding tert-OH is 1. The number of rotatable bonds is 4. The smallest absolute Gasteiger partial charge is 0.218 e. The van der Waals surface area contributed by atoms with Crippen molar-refractivity contribution in [2.75, 3.05) is 0 Å². The summed E-state index contributed by atoms with van der Waals surface area (Å²) in [6, 6.07) is 22.1. The van der Waals surface area contributed by atoms with Gasteiger partial charge in [-0.1, -0.05) is 54.1 Å². The molecule has 0 fully saturated rings. The molecule has 1 atom stereocenters. The summed E-state index contributed by atoms with van der Waals surface area (Å²) >= 11 is 0. The van der Waals surface area contributed by atoms with E-state index in [4.69, 9.17) is 9.47 Å². The Labute approximate surface area is 159 Å². The van der Waals surface area contributed by atoms with Crippen LogP contribution in [0.5, 0.6) is 11.5 Å². The van der Waals surface area contributed by atoms with Crippen LogP contribution in [0.25, 0.3) is 5.57 Å². The molecule has 0 radical (unpaired) electrons. The Kier molecular flexibility index (Phi) is 4.69. The van der Waals surface area contributed by atoms with Gasteiger partial charge in [0, 0.05) is 11.6 Å². The zero-order valence-corrected chi connectivity index (χ0v) is 15.5. The lowest BCUT2D eigenvalue weighted by Gasteiger charge is -2.23. The van der Waals surface area contributed by atoms with Gasteiger partial charge in [0.15, 0.2) is 0 Å². The number of ether oxygens (including phenoxy) is 2. The second kappa shape index (κ2) is 7.29. The predicted octanol–water partition coefficient (Wildman–Crippen LogP) is 5.02. The molecule has 1 unspecified atom stereocenters. The summed E-state index contributed by atoms with van der Waals surface area (Å²) in [5, 5.41) is 10.1. The number of aliphatic hydroxyl groups is 1. The van der Waals surface area contributed by atoms with Crippen LogP contribution < -0.4 is 9.47 Å². The second-order valence-electron chi connectivity index (χ2n) is 6.83. The average molecular weight is 358 g/mol. The molecule has 3 heteroatoms. The van der Waals surface area contributed by atoms with Crippen LogP contribution in [0, 0.1) is 13.8 Å². The zero-order valence-electron chi connectivity index (χ0n) is 15.5. The van der Waals surface area contributed by atoms with Gasteiger partial charge in [0.25, 0.3) is 0 Å². The molecule has 0 saturated carbocycles. The first kappa shape index (κ1) is 17.4. The van der Waals surface area contributed by atoms with Gasteiger partial charge in [-0.15, -0.1) is 0 Å². The van der Waals surface area contributed by atoms with Crippen LogP contribution >= 0.6 is 0 Å². The van der Waals surface area contributed by atoms with Crippen molar-refractivity contribution >= 4 is 5.57 Å². The molecule has 27 heavy (non-hydrogen) atoms. The maximum absolute atomic E-state index is 10.1. The van der Waals surface area contributed by atoms with Crippen molar-refractivity contribution in [3.8, 4) is 11.5 Å². The van der Waals surface area contributed by atoms with Crippen molar-refractivity contribution in [2.45, 2.75) is 26.7 Å². The summed E-state index contributed by atoms with van der Waals surface area (Å²) in [5.41, 5.74) is 6.55. The first-order chi connectivity index (χ1) is 13.1. The minimum absolute atomic E-state index is 0.496. The first-order valence-corrected chi connectivity index (χ1v) is 9.05. The molecule has 1 aliphatic rings. The second-order valence-corrected chi connectivity index (χ2v) is 6.83. The van der Waals surface area contributed by atoms with Gasteiger partial charge < -0.3 is 14.6 Å². The highest BCUT2D eigenvalue weighted by atomic mass is 16.6. The van der Waals surface area contributed by atoms with E-state index in [1.54, 1.807) is 6.08 Å². The van der Waals surface area contributed by atoms with E-state index in [9.17, 15) is 5.11 Å². The van der Waals surface area contributed by atoms with Crippen molar-refractivity contribution in [3.63, 3.8) is 0 Å². The minimum atomic E-state index is -0.970. The Morgan fingerprint density at radius 3 is 2.59 bits per heavy atom. The Balaban J connectivity index is 1.59. The Morgan fingerprint density at radius 1 is 0.963 bits per heavy atom. The molecule has 0 aliphatic carbocycles. The third-order valence-corrected chi connectivity index (χ3v) is 4.78. The Morgan fingerprint density at radius 2 is 1.78 bits per heavy atom. The summed E-state index contributed by atoms with van der Waals surface area (Å²) in [7, 11) is 0. The van der Waals surface area contributed by atoms with Gasteiger partial charge in [0.05, 0.1) is 0 Å². The highest BCUT2D eigenvalue weighted by Crippen LogP contribution is 2.38. The SMILES string of the molecule is Cc1ccc(C)c(COc2ccc3c(c2)OC(O)C=C3c2ccccc2)c1.